The smallest absolute Gasteiger partial charge is 0.228 e. The van der Waals surface area contributed by atoms with E-state index in [4.69, 9.17) is 14.2 Å². The molecule has 0 atom stereocenters. The summed E-state index contributed by atoms with van der Waals surface area (Å²) in [4.78, 5) is 12.4. The second-order valence-corrected chi connectivity index (χ2v) is 6.04. The molecule has 0 heterocycles. The Morgan fingerprint density at radius 3 is 2.16 bits per heavy atom. The van der Waals surface area contributed by atoms with Crippen LogP contribution in [-0.2, 0) is 11.2 Å². The predicted molar refractivity (Wildman–Crippen MR) is 99.0 cm³/mol. The molecule has 1 amide bonds. The fourth-order valence-electron chi connectivity index (χ4n) is 2.60. The van der Waals surface area contributed by atoms with Crippen molar-refractivity contribution in [2.75, 3.05) is 26.6 Å². The van der Waals surface area contributed by atoms with Gasteiger partial charge in [0.05, 0.1) is 27.8 Å². The molecule has 0 saturated heterocycles. The topological polar surface area (TPSA) is 56.8 Å². The van der Waals surface area contributed by atoms with Crippen molar-refractivity contribution in [1.29, 1.82) is 0 Å². The lowest BCUT2D eigenvalue weighted by Crippen LogP contribution is -2.14. The van der Waals surface area contributed by atoms with Crippen LogP contribution in [0.25, 0.3) is 0 Å². The molecule has 0 aromatic heterocycles. The second-order valence-electron chi connectivity index (χ2n) is 6.04. The SMILES string of the molecule is COc1cc(CC(=O)Nc2cccc(C(C)C)c2)cc(OC)c1OC. The summed E-state index contributed by atoms with van der Waals surface area (Å²) in [5.74, 6) is 1.89. The zero-order chi connectivity index (χ0) is 18.4. The average Bonchev–Trinajstić information content (AvgIpc) is 2.60. The molecule has 0 bridgehead atoms. The van der Waals surface area contributed by atoms with Gasteiger partial charge in [0.2, 0.25) is 11.7 Å². The van der Waals surface area contributed by atoms with Crippen molar-refractivity contribution in [3.8, 4) is 17.2 Å². The normalized spacial score (nSPS) is 10.5. The molecule has 0 fully saturated rings. The molecule has 1 N–H and O–H groups in total. The van der Waals surface area contributed by atoms with E-state index in [1.807, 2.05) is 18.2 Å². The minimum absolute atomic E-state index is 0.102. The zero-order valence-electron chi connectivity index (χ0n) is 15.4. The number of carbonyl (C=O) groups excluding carboxylic acids is 1. The number of nitrogens with one attached hydrogen (secondary N) is 1. The molecular weight excluding hydrogens is 318 g/mol. The second kappa shape index (κ2) is 8.42. The Labute approximate surface area is 148 Å². The van der Waals surface area contributed by atoms with Crippen LogP contribution in [-0.4, -0.2) is 27.2 Å². The third-order valence-electron chi connectivity index (χ3n) is 3.93. The number of amides is 1. The van der Waals surface area contributed by atoms with Crippen LogP contribution >= 0.6 is 0 Å². The van der Waals surface area contributed by atoms with Gasteiger partial charge in [0.15, 0.2) is 11.5 Å². The number of hydrogen-bond acceptors (Lipinski definition) is 4. The van der Waals surface area contributed by atoms with E-state index in [1.54, 1.807) is 33.5 Å². The van der Waals surface area contributed by atoms with Crippen molar-refractivity contribution in [3.05, 3.63) is 47.5 Å². The van der Waals surface area contributed by atoms with Gasteiger partial charge in [-0.2, -0.15) is 0 Å². The maximum atomic E-state index is 12.4. The Bertz CT molecular complexity index is 715. The maximum absolute atomic E-state index is 12.4. The standard InChI is InChI=1S/C20H25NO4/c1-13(2)15-7-6-8-16(12-15)21-19(22)11-14-9-17(23-3)20(25-5)18(10-14)24-4/h6-10,12-13H,11H2,1-5H3,(H,21,22). The van der Waals surface area contributed by atoms with Crippen LogP contribution in [0.4, 0.5) is 5.69 Å². The molecule has 5 heteroatoms. The number of benzene rings is 2. The van der Waals surface area contributed by atoms with Gasteiger partial charge in [0, 0.05) is 5.69 Å². The van der Waals surface area contributed by atoms with Crippen LogP contribution in [0.3, 0.4) is 0 Å². The highest BCUT2D eigenvalue weighted by Gasteiger charge is 2.15. The third-order valence-corrected chi connectivity index (χ3v) is 3.93. The molecule has 0 spiro atoms. The number of anilines is 1. The number of methoxy groups -OCH3 is 3. The summed E-state index contributed by atoms with van der Waals surface area (Å²) in [7, 11) is 4.66. The quantitative estimate of drug-likeness (QED) is 0.825. The number of carbonyl (C=O) groups is 1. The van der Waals surface area contributed by atoms with Gasteiger partial charge in [-0.1, -0.05) is 26.0 Å². The lowest BCUT2D eigenvalue weighted by molar-refractivity contribution is -0.115. The highest BCUT2D eigenvalue weighted by Crippen LogP contribution is 2.38. The van der Waals surface area contributed by atoms with Crippen LogP contribution < -0.4 is 19.5 Å². The fourth-order valence-corrected chi connectivity index (χ4v) is 2.60. The lowest BCUT2D eigenvalue weighted by atomic mass is 10.0. The first-order valence-corrected chi connectivity index (χ1v) is 8.17. The van der Waals surface area contributed by atoms with Gasteiger partial charge in [-0.15, -0.1) is 0 Å². The molecule has 134 valence electrons. The molecule has 5 nitrogen and oxygen atoms in total. The number of rotatable bonds is 7. The van der Waals surface area contributed by atoms with E-state index in [0.29, 0.717) is 23.2 Å². The van der Waals surface area contributed by atoms with Crippen molar-refractivity contribution in [2.24, 2.45) is 0 Å². The van der Waals surface area contributed by atoms with Crippen molar-refractivity contribution in [2.45, 2.75) is 26.2 Å². The summed E-state index contributed by atoms with van der Waals surface area (Å²) < 4.78 is 15.9. The minimum atomic E-state index is -0.102. The molecule has 0 radical (unpaired) electrons. The van der Waals surface area contributed by atoms with Crippen molar-refractivity contribution < 1.29 is 19.0 Å². The summed E-state index contributed by atoms with van der Waals surface area (Å²) >= 11 is 0. The van der Waals surface area contributed by atoms with E-state index in [0.717, 1.165) is 11.3 Å². The van der Waals surface area contributed by atoms with Gasteiger partial charge in [-0.25, -0.2) is 0 Å². The Morgan fingerprint density at radius 2 is 1.64 bits per heavy atom. The lowest BCUT2D eigenvalue weighted by Gasteiger charge is -2.14. The molecule has 0 aliphatic carbocycles. The molecule has 2 aromatic rings. The van der Waals surface area contributed by atoms with E-state index in [-0.39, 0.29) is 12.3 Å². The van der Waals surface area contributed by atoms with E-state index in [1.165, 1.54) is 5.56 Å². The summed E-state index contributed by atoms with van der Waals surface area (Å²) in [6, 6.07) is 11.5. The Balaban J connectivity index is 2.16. The van der Waals surface area contributed by atoms with Crippen LogP contribution in [0.1, 0.15) is 30.9 Å². The number of ether oxygens (including phenoxy) is 3. The van der Waals surface area contributed by atoms with Crippen LogP contribution in [0.5, 0.6) is 17.2 Å². The first kappa shape index (κ1) is 18.6. The zero-order valence-corrected chi connectivity index (χ0v) is 15.4. The first-order chi connectivity index (χ1) is 12.0. The molecular formula is C20H25NO4. The van der Waals surface area contributed by atoms with Gasteiger partial charge in [-0.05, 0) is 41.3 Å². The molecule has 25 heavy (non-hydrogen) atoms. The van der Waals surface area contributed by atoms with Gasteiger partial charge in [0.1, 0.15) is 0 Å². The molecule has 2 rings (SSSR count). The van der Waals surface area contributed by atoms with Crippen molar-refractivity contribution in [3.63, 3.8) is 0 Å². The summed E-state index contributed by atoms with van der Waals surface area (Å²) in [6.45, 7) is 4.24. The highest BCUT2D eigenvalue weighted by molar-refractivity contribution is 5.92. The average molecular weight is 343 g/mol. The first-order valence-electron chi connectivity index (χ1n) is 8.17. The van der Waals surface area contributed by atoms with Crippen molar-refractivity contribution in [1.82, 2.24) is 0 Å². The van der Waals surface area contributed by atoms with Crippen molar-refractivity contribution >= 4 is 11.6 Å². The monoisotopic (exact) mass is 343 g/mol. The molecule has 0 aliphatic heterocycles. The Hall–Kier alpha value is -2.69. The fraction of sp³-hybridized carbons (Fsp3) is 0.350. The van der Waals surface area contributed by atoms with Gasteiger partial charge in [-0.3, -0.25) is 4.79 Å². The largest absolute Gasteiger partial charge is 0.493 e. The van der Waals surface area contributed by atoms with Gasteiger partial charge < -0.3 is 19.5 Å². The maximum Gasteiger partial charge on any atom is 0.228 e. The molecule has 0 unspecified atom stereocenters. The van der Waals surface area contributed by atoms with Crippen LogP contribution in [0, 0.1) is 0 Å². The Morgan fingerprint density at radius 1 is 1.00 bits per heavy atom. The summed E-state index contributed by atoms with van der Waals surface area (Å²) in [5, 5.41) is 2.94. The van der Waals surface area contributed by atoms with Crippen LogP contribution in [0.15, 0.2) is 36.4 Å². The third kappa shape index (κ3) is 4.66. The number of hydrogen-bond donors (Lipinski definition) is 1. The van der Waals surface area contributed by atoms with Gasteiger partial charge >= 0.3 is 0 Å². The Kier molecular flexibility index (Phi) is 6.28. The van der Waals surface area contributed by atoms with Crippen LogP contribution in [0.2, 0.25) is 0 Å². The molecule has 2 aromatic carbocycles. The minimum Gasteiger partial charge on any atom is -0.493 e. The molecule has 0 saturated carbocycles. The van der Waals surface area contributed by atoms with E-state index >= 15 is 0 Å². The van der Waals surface area contributed by atoms with E-state index in [9.17, 15) is 4.79 Å². The van der Waals surface area contributed by atoms with Gasteiger partial charge in [0.25, 0.3) is 0 Å². The van der Waals surface area contributed by atoms with E-state index in [2.05, 4.69) is 25.2 Å². The summed E-state index contributed by atoms with van der Waals surface area (Å²) in [6.07, 6.45) is 0.211. The van der Waals surface area contributed by atoms with E-state index < -0.39 is 0 Å². The highest BCUT2D eigenvalue weighted by atomic mass is 16.5. The molecule has 0 aliphatic rings. The summed E-state index contributed by atoms with van der Waals surface area (Å²) in [5.41, 5.74) is 2.77. The predicted octanol–water partition coefficient (Wildman–Crippen LogP) is 4.02.